The normalized spacial score (nSPS) is 27.6. The van der Waals surface area contributed by atoms with Crippen molar-refractivity contribution >= 4 is 16.5 Å². The minimum Gasteiger partial charge on any atom is -0.365 e. The van der Waals surface area contributed by atoms with E-state index in [0.29, 0.717) is 12.1 Å². The molecular weight excluding hydrogens is 256 g/mol. The van der Waals surface area contributed by atoms with Gasteiger partial charge < -0.3 is 4.90 Å². The fourth-order valence-electron chi connectivity index (χ4n) is 3.73. The summed E-state index contributed by atoms with van der Waals surface area (Å²) >= 11 is 0. The first-order valence-corrected chi connectivity index (χ1v) is 7.92. The molecule has 3 heterocycles. The molecule has 2 nitrogen and oxygen atoms in total. The lowest BCUT2D eigenvalue weighted by atomic mass is 9.97. The number of likely N-dealkylation sites (N-methyl/N-ethyl adjacent to an activating group) is 1. The Morgan fingerprint density at radius 1 is 0.857 bits per heavy atom. The minimum absolute atomic E-state index is 0.601. The van der Waals surface area contributed by atoms with E-state index < -0.39 is 0 Å². The van der Waals surface area contributed by atoms with Crippen molar-refractivity contribution in [3.63, 3.8) is 0 Å². The van der Waals surface area contributed by atoms with Crippen molar-refractivity contribution in [1.82, 2.24) is 4.90 Å². The number of fused-ring (bicyclic) bond motifs is 5. The van der Waals surface area contributed by atoms with Gasteiger partial charge in [-0.05, 0) is 42.8 Å². The molecule has 5 rings (SSSR count). The standard InChI is InChI=1S/C19H22N2/c1-20-13-19-9-5-4-8-18(20)14-21(19)17-11-10-15-6-2-3-7-16(15)12-17/h2-7,10-12,18-19H,8-9,13-14H2,1H3/b5-4-/t18-,19-/m1/s1. The Morgan fingerprint density at radius 2 is 1.62 bits per heavy atom. The van der Waals surface area contributed by atoms with E-state index in [1.165, 1.54) is 29.4 Å². The largest absolute Gasteiger partial charge is 0.365 e. The highest BCUT2D eigenvalue weighted by Crippen LogP contribution is 2.30. The first-order chi connectivity index (χ1) is 10.3. The molecule has 0 N–H and O–H groups in total. The van der Waals surface area contributed by atoms with Gasteiger partial charge in [0.25, 0.3) is 0 Å². The Labute approximate surface area is 126 Å². The van der Waals surface area contributed by atoms with Gasteiger partial charge >= 0.3 is 0 Å². The zero-order chi connectivity index (χ0) is 14.2. The molecule has 2 aromatic carbocycles. The minimum atomic E-state index is 0.601. The average Bonchev–Trinajstić information content (AvgIpc) is 2.49. The second-order valence-electron chi connectivity index (χ2n) is 6.37. The van der Waals surface area contributed by atoms with E-state index in [-0.39, 0.29) is 0 Å². The Bertz CT molecular complexity index is 676. The molecule has 3 aliphatic rings. The summed E-state index contributed by atoms with van der Waals surface area (Å²) in [7, 11) is 2.27. The number of hydrogen-bond acceptors (Lipinski definition) is 2. The van der Waals surface area contributed by atoms with Crippen LogP contribution in [0.2, 0.25) is 0 Å². The van der Waals surface area contributed by atoms with E-state index in [2.05, 4.69) is 71.5 Å². The molecule has 0 saturated carbocycles. The number of benzene rings is 2. The fraction of sp³-hybridized carbons (Fsp3) is 0.368. The van der Waals surface area contributed by atoms with Crippen molar-refractivity contribution in [2.24, 2.45) is 0 Å². The highest BCUT2D eigenvalue weighted by molar-refractivity contribution is 5.86. The van der Waals surface area contributed by atoms with Gasteiger partial charge in [0.15, 0.2) is 0 Å². The van der Waals surface area contributed by atoms with E-state index in [4.69, 9.17) is 0 Å². The lowest BCUT2D eigenvalue weighted by Gasteiger charge is -2.47. The van der Waals surface area contributed by atoms with Crippen LogP contribution in [0, 0.1) is 0 Å². The fourth-order valence-corrected chi connectivity index (χ4v) is 3.73. The maximum Gasteiger partial charge on any atom is 0.0452 e. The van der Waals surface area contributed by atoms with Gasteiger partial charge in [-0.2, -0.15) is 0 Å². The second kappa shape index (κ2) is 5.19. The smallest absolute Gasteiger partial charge is 0.0452 e. The molecule has 2 bridgehead atoms. The predicted molar refractivity (Wildman–Crippen MR) is 89.9 cm³/mol. The average molecular weight is 278 g/mol. The molecule has 1 saturated heterocycles. The van der Waals surface area contributed by atoms with E-state index in [1.54, 1.807) is 0 Å². The predicted octanol–water partition coefficient (Wildman–Crippen LogP) is 3.68. The molecular formula is C19H22N2. The zero-order valence-corrected chi connectivity index (χ0v) is 12.6. The lowest BCUT2D eigenvalue weighted by Crippen LogP contribution is -2.57. The van der Waals surface area contributed by atoms with Crippen LogP contribution >= 0.6 is 0 Å². The molecule has 1 fully saturated rings. The SMILES string of the molecule is CN1C[C@H]2C/C=C\C[C@@H]1CN2c1ccc2ccccc2c1. The molecule has 3 aliphatic heterocycles. The first kappa shape index (κ1) is 12.9. The van der Waals surface area contributed by atoms with E-state index in [9.17, 15) is 0 Å². The maximum atomic E-state index is 2.63. The van der Waals surface area contributed by atoms with Crippen molar-refractivity contribution in [3.05, 3.63) is 54.6 Å². The summed E-state index contributed by atoms with van der Waals surface area (Å²) in [4.78, 5) is 5.16. The molecule has 2 heteroatoms. The van der Waals surface area contributed by atoms with Crippen molar-refractivity contribution in [2.75, 3.05) is 25.0 Å². The van der Waals surface area contributed by atoms with Crippen LogP contribution in [0.15, 0.2) is 54.6 Å². The third-order valence-electron chi connectivity index (χ3n) is 5.02. The van der Waals surface area contributed by atoms with Crippen molar-refractivity contribution < 1.29 is 0 Å². The summed E-state index contributed by atoms with van der Waals surface area (Å²) in [5, 5.41) is 2.67. The Balaban J connectivity index is 1.72. The molecule has 0 amide bonds. The summed E-state index contributed by atoms with van der Waals surface area (Å²) < 4.78 is 0. The van der Waals surface area contributed by atoms with Crippen LogP contribution in [0.4, 0.5) is 5.69 Å². The van der Waals surface area contributed by atoms with Gasteiger partial charge in [-0.1, -0.05) is 42.5 Å². The van der Waals surface area contributed by atoms with Crippen LogP contribution < -0.4 is 4.90 Å². The van der Waals surface area contributed by atoms with Crippen LogP contribution in [-0.2, 0) is 0 Å². The number of hydrogen-bond donors (Lipinski definition) is 0. The molecule has 21 heavy (non-hydrogen) atoms. The number of rotatable bonds is 1. The van der Waals surface area contributed by atoms with E-state index >= 15 is 0 Å². The van der Waals surface area contributed by atoms with Crippen molar-refractivity contribution in [1.29, 1.82) is 0 Å². The van der Waals surface area contributed by atoms with Gasteiger partial charge in [0.2, 0.25) is 0 Å². The van der Waals surface area contributed by atoms with Crippen LogP contribution in [-0.4, -0.2) is 37.1 Å². The van der Waals surface area contributed by atoms with E-state index in [0.717, 1.165) is 13.0 Å². The molecule has 2 atom stereocenters. The van der Waals surface area contributed by atoms with Gasteiger partial charge in [-0.25, -0.2) is 0 Å². The molecule has 0 spiro atoms. The molecule has 0 unspecified atom stereocenters. The van der Waals surface area contributed by atoms with Gasteiger partial charge in [-0.3, -0.25) is 4.90 Å². The van der Waals surface area contributed by atoms with Gasteiger partial charge in [0.1, 0.15) is 0 Å². The lowest BCUT2D eigenvalue weighted by molar-refractivity contribution is 0.184. The summed E-state index contributed by atoms with van der Waals surface area (Å²) in [6.45, 7) is 2.31. The topological polar surface area (TPSA) is 6.48 Å². The van der Waals surface area contributed by atoms with Crippen LogP contribution in [0.1, 0.15) is 12.8 Å². The molecule has 2 aromatic rings. The van der Waals surface area contributed by atoms with Crippen LogP contribution in [0.3, 0.4) is 0 Å². The number of piperazine rings is 1. The molecule has 108 valence electrons. The van der Waals surface area contributed by atoms with Crippen LogP contribution in [0.5, 0.6) is 0 Å². The quantitative estimate of drug-likeness (QED) is 0.734. The van der Waals surface area contributed by atoms with Gasteiger partial charge in [0, 0.05) is 30.9 Å². The Morgan fingerprint density at radius 3 is 2.48 bits per heavy atom. The van der Waals surface area contributed by atoms with Crippen molar-refractivity contribution in [3.8, 4) is 0 Å². The van der Waals surface area contributed by atoms with E-state index in [1.807, 2.05) is 0 Å². The summed E-state index contributed by atoms with van der Waals surface area (Å²) in [6, 6.07) is 16.8. The maximum absolute atomic E-state index is 2.63. The highest BCUT2D eigenvalue weighted by Gasteiger charge is 2.31. The third kappa shape index (κ3) is 2.34. The third-order valence-corrected chi connectivity index (χ3v) is 5.02. The molecule has 0 aliphatic carbocycles. The molecule has 0 radical (unpaired) electrons. The van der Waals surface area contributed by atoms with Gasteiger partial charge in [0.05, 0.1) is 0 Å². The van der Waals surface area contributed by atoms with Crippen molar-refractivity contribution in [2.45, 2.75) is 24.9 Å². The number of nitrogens with zero attached hydrogens (tertiary/aromatic N) is 2. The Kier molecular flexibility index (Phi) is 3.19. The monoisotopic (exact) mass is 278 g/mol. The van der Waals surface area contributed by atoms with Crippen LogP contribution in [0.25, 0.3) is 10.8 Å². The van der Waals surface area contributed by atoms with Gasteiger partial charge in [-0.15, -0.1) is 0 Å². The summed E-state index contributed by atoms with van der Waals surface area (Å²) in [5.74, 6) is 0. The Hall–Kier alpha value is -1.80. The summed E-state index contributed by atoms with van der Waals surface area (Å²) in [5.41, 5.74) is 1.38. The summed E-state index contributed by atoms with van der Waals surface area (Å²) in [6.07, 6.45) is 7.07. The number of anilines is 1. The zero-order valence-electron chi connectivity index (χ0n) is 12.6. The molecule has 0 aromatic heterocycles. The second-order valence-corrected chi connectivity index (χ2v) is 6.37. The highest BCUT2D eigenvalue weighted by atomic mass is 15.3. The first-order valence-electron chi connectivity index (χ1n) is 7.92.